The van der Waals surface area contributed by atoms with E-state index in [0.29, 0.717) is 6.10 Å². The summed E-state index contributed by atoms with van der Waals surface area (Å²) >= 11 is 0. The van der Waals surface area contributed by atoms with Gasteiger partial charge in [-0.1, -0.05) is 0 Å². The first-order valence-electron chi connectivity index (χ1n) is 7.10. The van der Waals surface area contributed by atoms with E-state index >= 15 is 0 Å². The van der Waals surface area contributed by atoms with Crippen LogP contribution in [-0.4, -0.2) is 43.9 Å². The maximum absolute atomic E-state index is 5.71. The zero-order valence-corrected chi connectivity index (χ0v) is 11.7. The van der Waals surface area contributed by atoms with Crippen LogP contribution in [0.15, 0.2) is 24.3 Å². The van der Waals surface area contributed by atoms with Crippen molar-refractivity contribution in [1.82, 2.24) is 4.90 Å². The summed E-state index contributed by atoms with van der Waals surface area (Å²) in [6.45, 7) is 6.80. The van der Waals surface area contributed by atoms with Crippen LogP contribution in [0.4, 0.5) is 5.69 Å². The standard InChI is InChI=1S/C15H24N2O2/c1-2-18-15-7-9-17(10-8-15)11-12-19-14-5-3-13(16)4-6-14/h3-6,15H,2,7-12,16H2,1H3. The molecule has 1 aromatic rings. The molecule has 19 heavy (non-hydrogen) atoms. The van der Waals surface area contributed by atoms with Gasteiger partial charge in [-0.3, -0.25) is 4.90 Å². The summed E-state index contributed by atoms with van der Waals surface area (Å²) in [5.41, 5.74) is 6.40. The van der Waals surface area contributed by atoms with Crippen molar-refractivity contribution in [2.45, 2.75) is 25.9 Å². The van der Waals surface area contributed by atoms with Crippen LogP contribution >= 0.6 is 0 Å². The molecule has 106 valence electrons. The third-order valence-electron chi connectivity index (χ3n) is 3.49. The maximum atomic E-state index is 5.71. The van der Waals surface area contributed by atoms with Crippen molar-refractivity contribution in [1.29, 1.82) is 0 Å². The van der Waals surface area contributed by atoms with Crippen molar-refractivity contribution < 1.29 is 9.47 Å². The zero-order valence-electron chi connectivity index (χ0n) is 11.7. The van der Waals surface area contributed by atoms with E-state index in [4.69, 9.17) is 15.2 Å². The van der Waals surface area contributed by atoms with E-state index in [9.17, 15) is 0 Å². The lowest BCUT2D eigenvalue weighted by Crippen LogP contribution is -2.39. The molecule has 4 nitrogen and oxygen atoms in total. The van der Waals surface area contributed by atoms with E-state index < -0.39 is 0 Å². The molecule has 1 heterocycles. The molecule has 0 aliphatic carbocycles. The monoisotopic (exact) mass is 264 g/mol. The number of nitrogens with two attached hydrogens (primary N) is 1. The Hall–Kier alpha value is -1.26. The highest BCUT2D eigenvalue weighted by atomic mass is 16.5. The number of rotatable bonds is 6. The molecule has 1 aliphatic heterocycles. The number of nitrogen functional groups attached to an aromatic ring is 1. The van der Waals surface area contributed by atoms with Crippen molar-refractivity contribution >= 4 is 5.69 Å². The van der Waals surface area contributed by atoms with E-state index in [1.54, 1.807) is 0 Å². The van der Waals surface area contributed by atoms with Gasteiger partial charge in [-0.25, -0.2) is 0 Å². The van der Waals surface area contributed by atoms with Crippen LogP contribution in [0, 0.1) is 0 Å². The molecular formula is C15H24N2O2. The SMILES string of the molecule is CCOC1CCN(CCOc2ccc(N)cc2)CC1. The van der Waals surface area contributed by atoms with Crippen LogP contribution in [-0.2, 0) is 4.74 Å². The van der Waals surface area contributed by atoms with Crippen molar-refractivity contribution in [3.05, 3.63) is 24.3 Å². The summed E-state index contributed by atoms with van der Waals surface area (Å²) in [4.78, 5) is 2.44. The Morgan fingerprint density at radius 2 is 1.89 bits per heavy atom. The highest BCUT2D eigenvalue weighted by Gasteiger charge is 2.18. The number of piperidine rings is 1. The van der Waals surface area contributed by atoms with Gasteiger partial charge in [-0.15, -0.1) is 0 Å². The highest BCUT2D eigenvalue weighted by Crippen LogP contribution is 2.15. The minimum absolute atomic E-state index is 0.458. The van der Waals surface area contributed by atoms with Gasteiger partial charge in [0.1, 0.15) is 12.4 Å². The molecule has 0 atom stereocenters. The summed E-state index contributed by atoms with van der Waals surface area (Å²) in [7, 11) is 0. The fourth-order valence-corrected chi connectivity index (χ4v) is 2.39. The van der Waals surface area contributed by atoms with Crippen LogP contribution < -0.4 is 10.5 Å². The van der Waals surface area contributed by atoms with E-state index in [2.05, 4.69) is 11.8 Å². The normalized spacial score (nSPS) is 17.5. The average Bonchev–Trinajstić information content (AvgIpc) is 2.43. The third-order valence-corrected chi connectivity index (χ3v) is 3.49. The minimum Gasteiger partial charge on any atom is -0.492 e. The predicted octanol–water partition coefficient (Wildman–Crippen LogP) is 2.15. The van der Waals surface area contributed by atoms with E-state index in [1.165, 1.54) is 0 Å². The molecular weight excluding hydrogens is 240 g/mol. The Kier molecular flexibility index (Phi) is 5.48. The van der Waals surface area contributed by atoms with Gasteiger partial charge in [0.25, 0.3) is 0 Å². The number of likely N-dealkylation sites (tertiary alicyclic amines) is 1. The van der Waals surface area contributed by atoms with Crippen molar-refractivity contribution in [3.8, 4) is 5.75 Å². The number of hydrogen-bond acceptors (Lipinski definition) is 4. The first kappa shape index (κ1) is 14.2. The first-order chi connectivity index (χ1) is 9.28. The number of ether oxygens (including phenoxy) is 2. The quantitative estimate of drug-likeness (QED) is 0.800. The van der Waals surface area contributed by atoms with Gasteiger partial charge in [-0.05, 0) is 44.0 Å². The van der Waals surface area contributed by atoms with Crippen molar-refractivity contribution in [3.63, 3.8) is 0 Å². The number of benzene rings is 1. The Morgan fingerprint density at radius 3 is 2.53 bits per heavy atom. The second-order valence-electron chi connectivity index (χ2n) is 4.91. The Morgan fingerprint density at radius 1 is 1.21 bits per heavy atom. The third kappa shape index (κ3) is 4.73. The molecule has 0 amide bonds. The molecule has 2 rings (SSSR count). The summed E-state index contributed by atoms with van der Waals surface area (Å²) in [6, 6.07) is 7.55. The van der Waals surface area contributed by atoms with Gasteiger partial charge in [0, 0.05) is 31.9 Å². The largest absolute Gasteiger partial charge is 0.492 e. The lowest BCUT2D eigenvalue weighted by atomic mass is 10.1. The summed E-state index contributed by atoms with van der Waals surface area (Å²) in [5.74, 6) is 0.887. The van der Waals surface area contributed by atoms with Crippen LogP contribution in [0.25, 0.3) is 0 Å². The van der Waals surface area contributed by atoms with Crippen molar-refractivity contribution in [2.24, 2.45) is 0 Å². The number of nitrogens with zero attached hydrogens (tertiary/aromatic N) is 1. The van der Waals surface area contributed by atoms with E-state index in [-0.39, 0.29) is 0 Å². The molecule has 1 aliphatic rings. The van der Waals surface area contributed by atoms with Gasteiger partial charge in [0.15, 0.2) is 0 Å². The fourth-order valence-electron chi connectivity index (χ4n) is 2.39. The number of hydrogen-bond donors (Lipinski definition) is 1. The van der Waals surface area contributed by atoms with Gasteiger partial charge in [0.05, 0.1) is 6.10 Å². The Balaban J connectivity index is 1.63. The topological polar surface area (TPSA) is 47.7 Å². The molecule has 0 radical (unpaired) electrons. The van der Waals surface area contributed by atoms with E-state index in [1.807, 2.05) is 24.3 Å². The van der Waals surface area contributed by atoms with Gasteiger partial charge >= 0.3 is 0 Å². The average molecular weight is 264 g/mol. The van der Waals surface area contributed by atoms with Crippen molar-refractivity contribution in [2.75, 3.05) is 38.6 Å². The summed E-state index contributed by atoms with van der Waals surface area (Å²) in [5, 5.41) is 0. The van der Waals surface area contributed by atoms with Gasteiger partial charge < -0.3 is 15.2 Å². The Bertz CT molecular complexity index is 359. The summed E-state index contributed by atoms with van der Waals surface area (Å²) < 4.78 is 11.4. The second-order valence-corrected chi connectivity index (χ2v) is 4.91. The highest BCUT2D eigenvalue weighted by molar-refractivity contribution is 5.41. The molecule has 0 spiro atoms. The second kappa shape index (κ2) is 7.36. The molecule has 0 bridgehead atoms. The minimum atomic E-state index is 0.458. The molecule has 0 unspecified atom stereocenters. The number of anilines is 1. The smallest absolute Gasteiger partial charge is 0.119 e. The van der Waals surface area contributed by atoms with Crippen LogP contribution in [0.1, 0.15) is 19.8 Å². The molecule has 2 N–H and O–H groups in total. The van der Waals surface area contributed by atoms with E-state index in [0.717, 1.165) is 57.1 Å². The van der Waals surface area contributed by atoms with Crippen LogP contribution in [0.5, 0.6) is 5.75 Å². The zero-order chi connectivity index (χ0) is 13.5. The fraction of sp³-hybridized carbons (Fsp3) is 0.600. The molecule has 1 aromatic carbocycles. The maximum Gasteiger partial charge on any atom is 0.119 e. The lowest BCUT2D eigenvalue weighted by Gasteiger charge is -2.31. The van der Waals surface area contributed by atoms with Crippen LogP contribution in [0.2, 0.25) is 0 Å². The molecule has 1 saturated heterocycles. The predicted molar refractivity (Wildman–Crippen MR) is 77.4 cm³/mol. The lowest BCUT2D eigenvalue weighted by molar-refractivity contribution is 0.0119. The van der Waals surface area contributed by atoms with Gasteiger partial charge in [-0.2, -0.15) is 0 Å². The summed E-state index contributed by atoms with van der Waals surface area (Å²) in [6.07, 6.45) is 2.73. The molecule has 0 aromatic heterocycles. The Labute approximate surface area is 115 Å². The van der Waals surface area contributed by atoms with Crippen LogP contribution in [0.3, 0.4) is 0 Å². The van der Waals surface area contributed by atoms with Gasteiger partial charge in [0.2, 0.25) is 0 Å². The molecule has 1 fully saturated rings. The molecule has 0 saturated carbocycles. The first-order valence-corrected chi connectivity index (χ1v) is 7.10. The molecule has 4 heteroatoms.